The van der Waals surface area contributed by atoms with E-state index in [0.717, 1.165) is 0 Å². The standard InChI is InChI=1S/C26H29F4N5O4/c27-12-6-1-2-7-14-39-23-16-19(24(36)32-18-26(28,29)30)10-11-22(23)35-17-21(33-34-35)25(37)31-13-15-38-20-8-4-3-5-9-20/h3-5,8-11,16-17H,1-2,6-7,12-15,18H2,(H,31,37)(H,32,36). The van der Waals surface area contributed by atoms with E-state index in [2.05, 4.69) is 15.6 Å². The van der Waals surface area contributed by atoms with Crippen molar-refractivity contribution < 1.29 is 36.6 Å². The number of carbonyl (C=O) groups is 2. The van der Waals surface area contributed by atoms with Crippen LogP contribution in [0.4, 0.5) is 17.6 Å². The van der Waals surface area contributed by atoms with Gasteiger partial charge in [-0.1, -0.05) is 29.8 Å². The van der Waals surface area contributed by atoms with Crippen LogP contribution in [0, 0.1) is 0 Å². The van der Waals surface area contributed by atoms with Crippen LogP contribution < -0.4 is 20.1 Å². The number of ether oxygens (including phenoxy) is 2. The van der Waals surface area contributed by atoms with E-state index in [1.807, 2.05) is 23.5 Å². The lowest BCUT2D eigenvalue weighted by Gasteiger charge is -2.14. The zero-order valence-electron chi connectivity index (χ0n) is 21.0. The van der Waals surface area contributed by atoms with Gasteiger partial charge in [-0.3, -0.25) is 14.0 Å². The van der Waals surface area contributed by atoms with Crippen molar-refractivity contribution in [3.8, 4) is 17.2 Å². The molecule has 0 radical (unpaired) electrons. The van der Waals surface area contributed by atoms with Crippen molar-refractivity contribution in [1.29, 1.82) is 0 Å². The number of hydrogen-bond acceptors (Lipinski definition) is 6. The largest absolute Gasteiger partial charge is 0.492 e. The third kappa shape index (κ3) is 9.91. The van der Waals surface area contributed by atoms with E-state index in [9.17, 15) is 27.2 Å². The second-order valence-corrected chi connectivity index (χ2v) is 8.40. The third-order valence-corrected chi connectivity index (χ3v) is 5.33. The van der Waals surface area contributed by atoms with Gasteiger partial charge in [0.05, 0.1) is 26.0 Å². The third-order valence-electron chi connectivity index (χ3n) is 5.33. The maximum Gasteiger partial charge on any atom is 0.405 e. The number of nitrogens with zero attached hydrogens (tertiary/aromatic N) is 3. The summed E-state index contributed by atoms with van der Waals surface area (Å²) < 4.78 is 62.4. The molecule has 0 unspecified atom stereocenters. The van der Waals surface area contributed by atoms with E-state index in [1.165, 1.54) is 29.1 Å². The summed E-state index contributed by atoms with van der Waals surface area (Å²) in [7, 11) is 0. The Kier molecular flexibility index (Phi) is 11.1. The van der Waals surface area contributed by atoms with Gasteiger partial charge in [-0.05, 0) is 49.6 Å². The van der Waals surface area contributed by atoms with Crippen LogP contribution in [0.1, 0.15) is 46.5 Å². The van der Waals surface area contributed by atoms with Crippen LogP contribution in [0.2, 0.25) is 0 Å². The van der Waals surface area contributed by atoms with Gasteiger partial charge in [-0.25, -0.2) is 4.68 Å². The molecule has 39 heavy (non-hydrogen) atoms. The number of unbranched alkanes of at least 4 members (excludes halogenated alkanes) is 3. The van der Waals surface area contributed by atoms with Crippen LogP contribution >= 0.6 is 0 Å². The molecule has 1 heterocycles. The number of benzene rings is 2. The van der Waals surface area contributed by atoms with E-state index < -0.39 is 31.2 Å². The number of rotatable bonds is 15. The van der Waals surface area contributed by atoms with Crippen LogP contribution in [0.5, 0.6) is 11.5 Å². The number of aromatic nitrogens is 3. The number of carbonyl (C=O) groups excluding carboxylic acids is 2. The Bertz CT molecular complexity index is 1200. The number of alkyl halides is 4. The summed E-state index contributed by atoms with van der Waals surface area (Å²) in [5, 5.41) is 12.3. The molecule has 9 nitrogen and oxygen atoms in total. The van der Waals surface area contributed by atoms with Crippen LogP contribution in [-0.4, -0.2) is 66.0 Å². The highest BCUT2D eigenvalue weighted by atomic mass is 19.4. The zero-order valence-corrected chi connectivity index (χ0v) is 21.0. The van der Waals surface area contributed by atoms with E-state index in [4.69, 9.17) is 9.47 Å². The van der Waals surface area contributed by atoms with Gasteiger partial charge in [0.25, 0.3) is 11.8 Å². The van der Waals surface area contributed by atoms with Crippen molar-refractivity contribution in [2.24, 2.45) is 0 Å². The zero-order chi connectivity index (χ0) is 28.1. The molecule has 0 fully saturated rings. The van der Waals surface area contributed by atoms with Crippen LogP contribution in [0.3, 0.4) is 0 Å². The van der Waals surface area contributed by atoms with Crippen molar-refractivity contribution in [3.63, 3.8) is 0 Å². The molecule has 0 saturated heterocycles. The molecule has 2 amide bonds. The summed E-state index contributed by atoms with van der Waals surface area (Å²) in [6, 6.07) is 13.2. The molecule has 13 heteroatoms. The number of amides is 2. The minimum absolute atomic E-state index is 0.0129. The molecule has 2 aromatic carbocycles. The first kappa shape index (κ1) is 29.4. The average molecular weight is 552 g/mol. The highest BCUT2D eigenvalue weighted by Crippen LogP contribution is 2.25. The first-order valence-electron chi connectivity index (χ1n) is 12.3. The Morgan fingerprint density at radius 1 is 0.897 bits per heavy atom. The highest BCUT2D eigenvalue weighted by molar-refractivity contribution is 5.95. The molecule has 0 aliphatic heterocycles. The molecule has 2 N–H and O–H groups in total. The molecule has 3 rings (SSSR count). The molecule has 0 spiro atoms. The number of hydrogen-bond donors (Lipinski definition) is 2. The second-order valence-electron chi connectivity index (χ2n) is 8.40. The highest BCUT2D eigenvalue weighted by Gasteiger charge is 2.28. The molecular weight excluding hydrogens is 522 g/mol. The first-order valence-corrected chi connectivity index (χ1v) is 12.3. The maximum atomic E-state index is 12.5. The minimum Gasteiger partial charge on any atom is -0.492 e. The Balaban J connectivity index is 1.66. The minimum atomic E-state index is -4.56. The number of halogens is 4. The summed E-state index contributed by atoms with van der Waals surface area (Å²) >= 11 is 0. The van der Waals surface area contributed by atoms with Gasteiger partial charge in [0.15, 0.2) is 5.69 Å². The molecule has 3 aromatic rings. The molecule has 0 atom stereocenters. The van der Waals surface area contributed by atoms with Crippen molar-refractivity contribution in [2.45, 2.75) is 31.9 Å². The fourth-order valence-electron chi connectivity index (χ4n) is 3.40. The van der Waals surface area contributed by atoms with Gasteiger partial charge in [0.2, 0.25) is 0 Å². The summed E-state index contributed by atoms with van der Waals surface area (Å²) in [6.45, 7) is -1.20. The number of para-hydroxylation sites is 1. The topological polar surface area (TPSA) is 107 Å². The van der Waals surface area contributed by atoms with Gasteiger partial charge in [-0.2, -0.15) is 13.2 Å². The van der Waals surface area contributed by atoms with Gasteiger partial charge in [-0.15, -0.1) is 5.10 Å². The fourth-order valence-corrected chi connectivity index (χ4v) is 3.40. The van der Waals surface area contributed by atoms with E-state index in [-0.39, 0.29) is 36.8 Å². The molecule has 0 aliphatic carbocycles. The van der Waals surface area contributed by atoms with Crippen molar-refractivity contribution >= 4 is 11.8 Å². The second kappa shape index (κ2) is 14.7. The first-order chi connectivity index (χ1) is 18.8. The monoisotopic (exact) mass is 551 g/mol. The average Bonchev–Trinajstić information content (AvgIpc) is 3.42. The van der Waals surface area contributed by atoms with E-state index in [0.29, 0.717) is 37.1 Å². The molecular formula is C26H29F4N5O4. The quantitative estimate of drug-likeness (QED) is 0.216. The van der Waals surface area contributed by atoms with Crippen LogP contribution in [-0.2, 0) is 0 Å². The Morgan fingerprint density at radius 3 is 2.41 bits per heavy atom. The molecule has 1 aromatic heterocycles. The summed E-state index contributed by atoms with van der Waals surface area (Å²) in [5.74, 6) is -0.587. The summed E-state index contributed by atoms with van der Waals surface area (Å²) in [5.41, 5.74) is 0.288. The van der Waals surface area contributed by atoms with Crippen molar-refractivity contribution in [2.75, 3.05) is 33.0 Å². The summed E-state index contributed by atoms with van der Waals surface area (Å²) in [4.78, 5) is 24.7. The summed E-state index contributed by atoms with van der Waals surface area (Å²) in [6.07, 6.45) is -0.750. The Hall–Kier alpha value is -4.16. The van der Waals surface area contributed by atoms with Gasteiger partial charge in [0.1, 0.15) is 30.3 Å². The maximum absolute atomic E-state index is 12.5. The predicted molar refractivity (Wildman–Crippen MR) is 134 cm³/mol. The lowest BCUT2D eigenvalue weighted by molar-refractivity contribution is -0.123. The van der Waals surface area contributed by atoms with Crippen LogP contribution in [0.15, 0.2) is 54.7 Å². The van der Waals surface area contributed by atoms with Crippen molar-refractivity contribution in [3.05, 3.63) is 66.0 Å². The predicted octanol–water partition coefficient (Wildman–Crippen LogP) is 4.28. The van der Waals surface area contributed by atoms with Gasteiger partial charge >= 0.3 is 6.18 Å². The SMILES string of the molecule is O=C(NCC(F)(F)F)c1ccc(-n2cc(C(=O)NCCOc3ccccc3)nn2)c(OCCCCCCF)c1. The van der Waals surface area contributed by atoms with Gasteiger partial charge < -0.3 is 20.1 Å². The molecule has 0 aliphatic rings. The van der Waals surface area contributed by atoms with E-state index >= 15 is 0 Å². The lowest BCUT2D eigenvalue weighted by atomic mass is 10.1. The Morgan fingerprint density at radius 2 is 1.67 bits per heavy atom. The molecule has 0 saturated carbocycles. The smallest absolute Gasteiger partial charge is 0.405 e. The van der Waals surface area contributed by atoms with E-state index in [1.54, 1.807) is 12.1 Å². The van der Waals surface area contributed by atoms with Gasteiger partial charge in [0, 0.05) is 5.56 Å². The number of nitrogens with one attached hydrogen (secondary N) is 2. The molecule has 0 bridgehead atoms. The Labute approximate surface area is 222 Å². The fraction of sp³-hybridized carbons (Fsp3) is 0.385. The normalized spacial score (nSPS) is 11.2. The lowest BCUT2D eigenvalue weighted by Crippen LogP contribution is -2.33. The van der Waals surface area contributed by atoms with Crippen molar-refractivity contribution in [1.82, 2.24) is 25.6 Å². The molecule has 210 valence electrons. The van der Waals surface area contributed by atoms with Crippen LogP contribution in [0.25, 0.3) is 5.69 Å².